The molecule has 0 saturated heterocycles. The molecule has 0 unspecified atom stereocenters. The van der Waals surface area contributed by atoms with E-state index in [1.165, 1.54) is 40.4 Å². The van der Waals surface area contributed by atoms with Crippen molar-refractivity contribution in [2.45, 2.75) is 24.9 Å². The lowest BCUT2D eigenvalue weighted by Gasteiger charge is -2.30. The van der Waals surface area contributed by atoms with E-state index in [1.807, 2.05) is 12.1 Å². The molecule has 1 aliphatic heterocycles. The Labute approximate surface area is 270 Å². The van der Waals surface area contributed by atoms with Gasteiger partial charge in [0.05, 0.1) is 58.4 Å². The van der Waals surface area contributed by atoms with Gasteiger partial charge in [-0.1, -0.05) is 18.2 Å². The second kappa shape index (κ2) is 13.1. The Morgan fingerprint density at radius 2 is 1.46 bits per heavy atom. The van der Waals surface area contributed by atoms with Crippen molar-refractivity contribution in [3.05, 3.63) is 81.1 Å². The van der Waals surface area contributed by atoms with Crippen molar-refractivity contribution in [1.29, 1.82) is 0 Å². The van der Waals surface area contributed by atoms with Gasteiger partial charge in [0.2, 0.25) is 16.9 Å². The van der Waals surface area contributed by atoms with E-state index in [-0.39, 0.29) is 34.5 Å². The van der Waals surface area contributed by atoms with Crippen LogP contribution in [0.1, 0.15) is 24.1 Å². The maximum Gasteiger partial charge on any atom is 0.239 e. The molecule has 3 aromatic carbocycles. The van der Waals surface area contributed by atoms with Gasteiger partial charge in [0.25, 0.3) is 0 Å². The number of methoxy groups -OCH3 is 5. The highest BCUT2D eigenvalue weighted by atomic mass is 32.1. The molecule has 0 amide bonds. The van der Waals surface area contributed by atoms with Crippen molar-refractivity contribution < 1.29 is 32.8 Å². The highest BCUT2D eigenvalue weighted by molar-refractivity contribution is 7.10. The van der Waals surface area contributed by atoms with Gasteiger partial charge < -0.3 is 43.5 Å². The number of anilines is 2. The normalized spacial score (nSPS) is 13.0. The molecular weight excluding hydrogens is 608 g/mol. The quantitative estimate of drug-likeness (QED) is 0.125. The van der Waals surface area contributed by atoms with Gasteiger partial charge in [-0.2, -0.15) is 0 Å². The first-order valence-electron chi connectivity index (χ1n) is 14.8. The largest absolute Gasteiger partial charge is 0.496 e. The van der Waals surface area contributed by atoms with Crippen LogP contribution in [0, 0.1) is 0 Å². The van der Waals surface area contributed by atoms with E-state index >= 15 is 0 Å². The molecule has 0 atom stereocenters. The molecule has 0 spiro atoms. The van der Waals surface area contributed by atoms with Crippen LogP contribution >= 0.6 is 11.3 Å². The molecular formula is C35H36N2O8S. The van der Waals surface area contributed by atoms with Crippen molar-refractivity contribution >= 4 is 33.7 Å². The third-order valence-corrected chi connectivity index (χ3v) is 9.06. The van der Waals surface area contributed by atoms with E-state index in [4.69, 9.17) is 32.8 Å². The minimum absolute atomic E-state index is 0.0581. The summed E-state index contributed by atoms with van der Waals surface area (Å²) in [6.45, 7) is 0.277. The van der Waals surface area contributed by atoms with Gasteiger partial charge in [0.1, 0.15) is 28.1 Å². The smallest absolute Gasteiger partial charge is 0.239 e. The van der Waals surface area contributed by atoms with Crippen molar-refractivity contribution in [2.75, 3.05) is 52.8 Å². The van der Waals surface area contributed by atoms with Crippen LogP contribution in [0.25, 0.3) is 22.3 Å². The maximum absolute atomic E-state index is 14.1. The maximum atomic E-state index is 14.1. The summed E-state index contributed by atoms with van der Waals surface area (Å²) in [5, 5.41) is 9.75. The molecule has 10 nitrogen and oxygen atoms in total. The predicted octanol–water partition coefficient (Wildman–Crippen LogP) is 7.50. The number of hydrogen-bond donors (Lipinski definition) is 2. The number of unbranched alkanes of at least 4 members (excludes halogenated alkanes) is 1. The molecule has 0 radical (unpaired) electrons. The molecule has 46 heavy (non-hydrogen) atoms. The Hall–Kier alpha value is -5.03. The minimum atomic E-state index is -0.423. The lowest BCUT2D eigenvalue weighted by molar-refractivity contribution is 0.292. The van der Waals surface area contributed by atoms with Crippen molar-refractivity contribution in [3.63, 3.8) is 0 Å². The molecule has 5 aromatic rings. The summed E-state index contributed by atoms with van der Waals surface area (Å²) in [6.07, 6.45) is 2.29. The number of rotatable bonds is 13. The number of hydrogen-bond acceptors (Lipinski definition) is 11. The number of thiophene rings is 1. The minimum Gasteiger partial charge on any atom is -0.496 e. The topological polar surface area (TPSA) is 110 Å². The lowest BCUT2D eigenvalue weighted by Crippen LogP contribution is -2.38. The van der Waals surface area contributed by atoms with Gasteiger partial charge in [0, 0.05) is 17.7 Å². The van der Waals surface area contributed by atoms with E-state index in [2.05, 4.69) is 40.3 Å². The Morgan fingerprint density at radius 1 is 0.761 bits per heavy atom. The third-order valence-electron chi connectivity index (χ3n) is 8.03. The summed E-state index contributed by atoms with van der Waals surface area (Å²) < 4.78 is 40.4. The molecule has 0 bridgehead atoms. The van der Waals surface area contributed by atoms with Gasteiger partial charge in [-0.05, 0) is 55.0 Å². The molecule has 11 heteroatoms. The van der Waals surface area contributed by atoms with Crippen LogP contribution in [0.3, 0.4) is 0 Å². The van der Waals surface area contributed by atoms with Crippen LogP contribution < -0.4 is 44.5 Å². The number of nitrogens with one attached hydrogen (secondary N) is 2. The summed E-state index contributed by atoms with van der Waals surface area (Å²) in [4.78, 5) is 15.3. The number of para-hydroxylation sites is 2. The predicted molar refractivity (Wildman–Crippen MR) is 180 cm³/mol. The average Bonchev–Trinajstić information content (AvgIpc) is 3.77. The second-order valence-electron chi connectivity index (χ2n) is 10.7. The van der Waals surface area contributed by atoms with Crippen molar-refractivity contribution in [3.8, 4) is 45.8 Å². The van der Waals surface area contributed by atoms with E-state index < -0.39 is 5.66 Å². The first-order chi connectivity index (χ1) is 22.4. The summed E-state index contributed by atoms with van der Waals surface area (Å²) >= 11 is 1.71. The number of benzene rings is 3. The Kier molecular flexibility index (Phi) is 8.85. The molecule has 0 fully saturated rings. The fourth-order valence-corrected chi connectivity index (χ4v) is 6.67. The van der Waals surface area contributed by atoms with Crippen LogP contribution in [0.2, 0.25) is 0 Å². The fourth-order valence-electron chi connectivity index (χ4n) is 5.81. The molecule has 1 aliphatic rings. The molecule has 2 aromatic heterocycles. The van der Waals surface area contributed by atoms with E-state index in [1.54, 1.807) is 35.6 Å². The zero-order valence-electron chi connectivity index (χ0n) is 26.4. The molecule has 2 N–H and O–H groups in total. The highest BCUT2D eigenvalue weighted by Crippen LogP contribution is 2.45. The Morgan fingerprint density at radius 3 is 2.04 bits per heavy atom. The molecule has 3 heterocycles. The highest BCUT2D eigenvalue weighted by Gasteiger charge is 2.38. The lowest BCUT2D eigenvalue weighted by atomic mass is 10.0. The summed E-state index contributed by atoms with van der Waals surface area (Å²) in [6, 6.07) is 19.1. The van der Waals surface area contributed by atoms with Gasteiger partial charge >= 0.3 is 0 Å². The first kappa shape index (κ1) is 31.0. The standard InChI is InChI=1S/C35H36N2O8S/c1-39-22-19-25(40-2)30-26(20-22)45-32(21-17-27(41-3)33(43-5)28(18-21)42-4)34(31(30)38)44-15-9-8-14-35(29-13-10-16-46-29)36-23-11-6-7-12-24(23)37-35/h6-7,10-13,16-20,36-37H,8-9,14-15H2,1-5H3. The van der Waals surface area contributed by atoms with Gasteiger partial charge in [-0.3, -0.25) is 4.79 Å². The van der Waals surface area contributed by atoms with Gasteiger partial charge in [0.15, 0.2) is 17.3 Å². The summed E-state index contributed by atoms with van der Waals surface area (Å²) in [7, 11) is 7.62. The van der Waals surface area contributed by atoms with E-state index in [0.29, 0.717) is 40.7 Å². The van der Waals surface area contributed by atoms with Gasteiger partial charge in [-0.25, -0.2) is 0 Å². The molecule has 240 valence electrons. The zero-order valence-corrected chi connectivity index (χ0v) is 27.2. The molecule has 6 rings (SSSR count). The summed E-state index contributed by atoms with van der Waals surface area (Å²) in [5.41, 5.74) is 2.15. The number of ether oxygens (including phenoxy) is 6. The average molecular weight is 645 g/mol. The van der Waals surface area contributed by atoms with E-state index in [9.17, 15) is 4.79 Å². The first-order valence-corrected chi connectivity index (χ1v) is 15.7. The van der Waals surface area contributed by atoms with Crippen LogP contribution in [-0.2, 0) is 5.66 Å². The summed E-state index contributed by atoms with van der Waals surface area (Å²) in [5.74, 6) is 2.31. The van der Waals surface area contributed by atoms with Crippen LogP contribution in [0.4, 0.5) is 11.4 Å². The van der Waals surface area contributed by atoms with Crippen molar-refractivity contribution in [1.82, 2.24) is 0 Å². The SMILES string of the molecule is COc1cc(OC)c2c(=O)c(OCCCCC3(c4cccs4)Nc4ccccc4N3)c(-c3cc(OC)c(OC)c(OC)c3)oc2c1. The molecule has 0 saturated carbocycles. The van der Waals surface area contributed by atoms with E-state index in [0.717, 1.165) is 24.2 Å². The second-order valence-corrected chi connectivity index (χ2v) is 11.6. The van der Waals surface area contributed by atoms with Crippen LogP contribution in [0.15, 0.2) is 75.3 Å². The third kappa shape index (κ3) is 5.62. The molecule has 0 aliphatic carbocycles. The number of fused-ring (bicyclic) bond motifs is 2. The van der Waals surface area contributed by atoms with Crippen molar-refractivity contribution in [2.24, 2.45) is 0 Å². The fraction of sp³-hybridized carbons (Fsp3) is 0.286. The monoisotopic (exact) mass is 644 g/mol. The Balaban J connectivity index is 1.32. The Bertz CT molecular complexity index is 1850. The van der Waals surface area contributed by atoms with Crippen LogP contribution in [0.5, 0.6) is 34.5 Å². The van der Waals surface area contributed by atoms with Gasteiger partial charge in [-0.15, -0.1) is 11.3 Å². The zero-order chi connectivity index (χ0) is 32.3. The van der Waals surface area contributed by atoms with Crippen LogP contribution in [-0.4, -0.2) is 42.2 Å².